The number of hydrazone groups is 1. The molecule has 0 saturated carbocycles. The highest BCUT2D eigenvalue weighted by Crippen LogP contribution is 2.27. The zero-order valence-electron chi connectivity index (χ0n) is 18.9. The number of rotatable bonds is 12. The van der Waals surface area contributed by atoms with Crippen LogP contribution in [0.15, 0.2) is 59.2 Å². The number of benzene rings is 2. The Morgan fingerprint density at radius 2 is 1.72 bits per heavy atom. The first-order valence-corrected chi connectivity index (χ1v) is 10.6. The van der Waals surface area contributed by atoms with Crippen molar-refractivity contribution in [1.29, 1.82) is 0 Å². The van der Waals surface area contributed by atoms with Gasteiger partial charge in [-0.2, -0.15) is 5.10 Å². The van der Waals surface area contributed by atoms with E-state index in [1.807, 2.05) is 43.3 Å². The number of unbranched alkanes of at least 4 members (excludes halogenated alkanes) is 2. The summed E-state index contributed by atoms with van der Waals surface area (Å²) in [6.45, 7) is 2.47. The van der Waals surface area contributed by atoms with Crippen LogP contribution in [0.4, 0.5) is 0 Å². The highest BCUT2D eigenvalue weighted by Gasteiger charge is 2.10. The number of hydrogen-bond donors (Lipinski definition) is 2. The van der Waals surface area contributed by atoms with Gasteiger partial charge in [0.25, 0.3) is 5.91 Å². The van der Waals surface area contributed by atoms with E-state index in [1.54, 1.807) is 31.5 Å². The van der Waals surface area contributed by atoms with Gasteiger partial charge in [-0.3, -0.25) is 9.59 Å². The molecule has 32 heavy (non-hydrogen) atoms. The molecule has 0 spiro atoms. The summed E-state index contributed by atoms with van der Waals surface area (Å²) in [5, 5.41) is 6.87. The van der Waals surface area contributed by atoms with Crippen LogP contribution in [-0.4, -0.2) is 38.8 Å². The molecule has 170 valence electrons. The number of ether oxygens (including phenoxy) is 2. The van der Waals surface area contributed by atoms with Crippen molar-refractivity contribution in [2.45, 2.75) is 32.6 Å². The van der Waals surface area contributed by atoms with Crippen LogP contribution < -0.4 is 20.2 Å². The molecule has 7 heteroatoms. The Morgan fingerprint density at radius 3 is 2.44 bits per heavy atom. The molecule has 0 radical (unpaired) electrons. The van der Waals surface area contributed by atoms with Crippen LogP contribution in [0.1, 0.15) is 48.5 Å². The van der Waals surface area contributed by atoms with Crippen LogP contribution in [0.25, 0.3) is 6.08 Å². The lowest BCUT2D eigenvalue weighted by Crippen LogP contribution is -2.24. The smallest absolute Gasteiger partial charge is 0.251 e. The number of carbonyl (C=O) groups excluding carboxylic acids is 2. The van der Waals surface area contributed by atoms with Crippen molar-refractivity contribution in [3.05, 3.63) is 65.2 Å². The molecule has 0 aliphatic heterocycles. The first-order valence-electron chi connectivity index (χ1n) is 10.6. The Labute approximate surface area is 189 Å². The van der Waals surface area contributed by atoms with Gasteiger partial charge in [-0.15, -0.1) is 0 Å². The van der Waals surface area contributed by atoms with Gasteiger partial charge in [-0.05, 0) is 49.1 Å². The highest BCUT2D eigenvalue weighted by atomic mass is 16.5. The van der Waals surface area contributed by atoms with Crippen molar-refractivity contribution in [2.75, 3.05) is 20.8 Å². The van der Waals surface area contributed by atoms with E-state index < -0.39 is 0 Å². The second kappa shape index (κ2) is 13.6. The lowest BCUT2D eigenvalue weighted by atomic mass is 10.1. The molecule has 0 bridgehead atoms. The van der Waals surface area contributed by atoms with Gasteiger partial charge in [-0.1, -0.05) is 42.8 Å². The van der Waals surface area contributed by atoms with Crippen LogP contribution in [0.2, 0.25) is 0 Å². The van der Waals surface area contributed by atoms with E-state index in [-0.39, 0.29) is 11.8 Å². The average Bonchev–Trinajstić information content (AvgIpc) is 2.81. The van der Waals surface area contributed by atoms with Crippen molar-refractivity contribution in [3.63, 3.8) is 0 Å². The Bertz CT molecular complexity index is 939. The van der Waals surface area contributed by atoms with Crippen molar-refractivity contribution in [3.8, 4) is 11.5 Å². The normalized spacial score (nSPS) is 11.3. The molecule has 0 aliphatic rings. The molecule has 0 unspecified atom stereocenters. The number of methoxy groups -OCH3 is 2. The molecule has 0 aliphatic carbocycles. The zero-order valence-corrected chi connectivity index (χ0v) is 18.9. The molecule has 0 saturated heterocycles. The van der Waals surface area contributed by atoms with E-state index in [0.29, 0.717) is 30.0 Å². The minimum atomic E-state index is -0.169. The lowest BCUT2D eigenvalue weighted by molar-refractivity contribution is -0.121. The monoisotopic (exact) mass is 437 g/mol. The van der Waals surface area contributed by atoms with E-state index in [9.17, 15) is 9.59 Å². The Balaban J connectivity index is 1.61. The molecule has 2 N–H and O–H groups in total. The Morgan fingerprint density at radius 1 is 0.969 bits per heavy atom. The van der Waals surface area contributed by atoms with Gasteiger partial charge in [0, 0.05) is 18.5 Å². The summed E-state index contributed by atoms with van der Waals surface area (Å²) in [5.74, 6) is 0.800. The lowest BCUT2D eigenvalue weighted by Gasteiger charge is -2.10. The second-order valence-corrected chi connectivity index (χ2v) is 7.23. The van der Waals surface area contributed by atoms with Gasteiger partial charge in [0.15, 0.2) is 11.5 Å². The minimum Gasteiger partial charge on any atom is -0.493 e. The fraction of sp³-hybridized carbons (Fsp3) is 0.320. The summed E-state index contributed by atoms with van der Waals surface area (Å²) in [4.78, 5) is 24.1. The summed E-state index contributed by atoms with van der Waals surface area (Å²) in [6, 6.07) is 15.0. The predicted molar refractivity (Wildman–Crippen MR) is 127 cm³/mol. The molecule has 2 aromatic rings. The first-order chi connectivity index (χ1) is 15.5. The number of amides is 2. The van der Waals surface area contributed by atoms with Crippen LogP contribution in [0.3, 0.4) is 0 Å². The van der Waals surface area contributed by atoms with Crippen LogP contribution in [0.5, 0.6) is 11.5 Å². The summed E-state index contributed by atoms with van der Waals surface area (Å²) in [6.07, 6.45) is 6.36. The molecule has 2 amide bonds. The topological polar surface area (TPSA) is 89.0 Å². The predicted octanol–water partition coefficient (Wildman–Crippen LogP) is 4.20. The van der Waals surface area contributed by atoms with Gasteiger partial charge in [0.2, 0.25) is 5.91 Å². The quantitative estimate of drug-likeness (QED) is 0.296. The van der Waals surface area contributed by atoms with Gasteiger partial charge in [-0.25, -0.2) is 5.43 Å². The maximum Gasteiger partial charge on any atom is 0.251 e. The van der Waals surface area contributed by atoms with Gasteiger partial charge in [0.1, 0.15) is 0 Å². The van der Waals surface area contributed by atoms with Crippen molar-refractivity contribution < 1.29 is 19.1 Å². The van der Waals surface area contributed by atoms with Crippen LogP contribution >= 0.6 is 0 Å². The van der Waals surface area contributed by atoms with Gasteiger partial charge in [0.05, 0.1) is 20.4 Å². The Hall–Kier alpha value is -3.61. The van der Waals surface area contributed by atoms with Gasteiger partial charge >= 0.3 is 0 Å². The fourth-order valence-electron chi connectivity index (χ4n) is 2.98. The zero-order chi connectivity index (χ0) is 23.2. The highest BCUT2D eigenvalue weighted by molar-refractivity contribution is 5.94. The second-order valence-electron chi connectivity index (χ2n) is 7.23. The summed E-state index contributed by atoms with van der Waals surface area (Å²) >= 11 is 0. The fourth-order valence-corrected chi connectivity index (χ4v) is 2.98. The minimum absolute atomic E-state index is 0.122. The molecule has 0 heterocycles. The molecular weight excluding hydrogens is 406 g/mol. The summed E-state index contributed by atoms with van der Waals surface area (Å²) < 4.78 is 10.4. The molecule has 0 atom stereocenters. The van der Waals surface area contributed by atoms with Crippen LogP contribution in [0, 0.1) is 0 Å². The third kappa shape index (κ3) is 8.63. The van der Waals surface area contributed by atoms with E-state index in [1.165, 1.54) is 7.11 Å². The van der Waals surface area contributed by atoms with Gasteiger partial charge < -0.3 is 14.8 Å². The third-order valence-electron chi connectivity index (χ3n) is 4.66. The van der Waals surface area contributed by atoms with Crippen LogP contribution in [-0.2, 0) is 4.79 Å². The van der Waals surface area contributed by atoms with E-state index in [0.717, 1.165) is 30.4 Å². The first kappa shape index (κ1) is 24.7. The number of nitrogens with zero attached hydrogens (tertiary/aromatic N) is 1. The number of allylic oxidation sites excluding steroid dienone is 1. The number of nitrogens with one attached hydrogen (secondary N) is 2. The maximum atomic E-state index is 12.2. The summed E-state index contributed by atoms with van der Waals surface area (Å²) in [7, 11) is 3.08. The largest absolute Gasteiger partial charge is 0.493 e. The number of carbonyl (C=O) groups is 2. The molecule has 0 fully saturated rings. The molecule has 2 aromatic carbocycles. The SMILES string of the molecule is COc1ccc(C(=O)NCCCCCC(=O)NN=CC(C)=Cc2ccccc2)cc1OC. The number of hydrogen-bond acceptors (Lipinski definition) is 5. The van der Waals surface area contributed by atoms with Crippen molar-refractivity contribution in [2.24, 2.45) is 5.10 Å². The molecule has 0 aromatic heterocycles. The average molecular weight is 438 g/mol. The molecule has 2 rings (SSSR count). The molecule has 7 nitrogen and oxygen atoms in total. The maximum absolute atomic E-state index is 12.2. The van der Waals surface area contributed by atoms with E-state index in [2.05, 4.69) is 15.8 Å². The van der Waals surface area contributed by atoms with Crippen molar-refractivity contribution >= 4 is 24.1 Å². The standard InChI is InChI=1S/C25H31N3O4/c1-19(16-20-10-6-4-7-11-20)18-27-28-24(29)12-8-5-9-15-26-25(30)21-13-14-22(31-2)23(17-21)32-3/h4,6-7,10-11,13-14,16-18H,5,8-9,12,15H2,1-3H3,(H,26,30)(H,28,29). The van der Waals surface area contributed by atoms with Crippen molar-refractivity contribution in [1.82, 2.24) is 10.7 Å². The summed E-state index contributed by atoms with van der Waals surface area (Å²) in [5.41, 5.74) is 5.09. The third-order valence-corrected chi connectivity index (χ3v) is 4.66. The van der Waals surface area contributed by atoms with E-state index in [4.69, 9.17) is 9.47 Å². The van der Waals surface area contributed by atoms with E-state index >= 15 is 0 Å². The Kier molecular flexibility index (Phi) is 10.5. The molecular formula is C25H31N3O4.